The molecule has 1 unspecified atom stereocenters. The van der Waals surface area contributed by atoms with Gasteiger partial charge in [-0.2, -0.15) is 0 Å². The molecule has 1 aromatic carbocycles. The highest BCUT2D eigenvalue weighted by atomic mass is 35.5. The van der Waals surface area contributed by atoms with E-state index in [9.17, 15) is 4.39 Å². The molecule has 0 fully saturated rings. The van der Waals surface area contributed by atoms with Gasteiger partial charge in [0.1, 0.15) is 5.82 Å². The van der Waals surface area contributed by atoms with Crippen LogP contribution in [0.2, 0.25) is 5.02 Å². The van der Waals surface area contributed by atoms with Gasteiger partial charge in [0.2, 0.25) is 0 Å². The second-order valence-electron chi connectivity index (χ2n) is 3.19. The van der Waals surface area contributed by atoms with Crippen LogP contribution in [0, 0.1) is 5.82 Å². The van der Waals surface area contributed by atoms with Crippen LogP contribution in [0.5, 0.6) is 0 Å². The molecule has 0 spiro atoms. The Balaban J connectivity index is 2.47. The number of halogens is 2. The second-order valence-corrected chi connectivity index (χ2v) is 3.60. The zero-order valence-corrected chi connectivity index (χ0v) is 8.68. The number of aliphatic hydroxyl groups is 1. The second kappa shape index (κ2) is 5.17. The summed E-state index contributed by atoms with van der Waals surface area (Å²) in [5.74, 6) is -0.423. The highest BCUT2D eigenvalue weighted by Gasteiger charge is 2.00. The quantitative estimate of drug-likeness (QED) is 0.813. The van der Waals surface area contributed by atoms with Crippen LogP contribution in [0.15, 0.2) is 18.2 Å². The molecule has 1 aromatic rings. The standard InChI is InChI=1S/C10H13ClFNO/c1-7(14)4-5-13-8-2-3-10(12)9(11)6-8/h2-3,6-7,13-14H,4-5H2,1H3. The van der Waals surface area contributed by atoms with E-state index in [1.165, 1.54) is 12.1 Å². The summed E-state index contributed by atoms with van der Waals surface area (Å²) in [4.78, 5) is 0. The zero-order chi connectivity index (χ0) is 10.6. The zero-order valence-electron chi connectivity index (χ0n) is 7.93. The van der Waals surface area contributed by atoms with Gasteiger partial charge in [0.05, 0.1) is 11.1 Å². The van der Waals surface area contributed by atoms with Crippen LogP contribution in [-0.2, 0) is 0 Å². The van der Waals surface area contributed by atoms with Gasteiger partial charge in [0, 0.05) is 12.2 Å². The molecule has 78 valence electrons. The SMILES string of the molecule is CC(O)CCNc1ccc(F)c(Cl)c1. The number of benzene rings is 1. The molecule has 0 saturated carbocycles. The molecular formula is C10H13ClFNO. The lowest BCUT2D eigenvalue weighted by atomic mass is 10.2. The van der Waals surface area contributed by atoms with E-state index in [2.05, 4.69) is 5.32 Å². The average molecular weight is 218 g/mol. The number of rotatable bonds is 4. The molecule has 0 aliphatic carbocycles. The fourth-order valence-electron chi connectivity index (χ4n) is 1.03. The highest BCUT2D eigenvalue weighted by Crippen LogP contribution is 2.19. The van der Waals surface area contributed by atoms with Crippen LogP contribution in [0.1, 0.15) is 13.3 Å². The molecule has 0 saturated heterocycles. The fourth-order valence-corrected chi connectivity index (χ4v) is 1.21. The van der Waals surface area contributed by atoms with Crippen LogP contribution in [0.3, 0.4) is 0 Å². The van der Waals surface area contributed by atoms with E-state index in [1.807, 2.05) is 0 Å². The summed E-state index contributed by atoms with van der Waals surface area (Å²) < 4.78 is 12.7. The predicted molar refractivity (Wildman–Crippen MR) is 56.2 cm³/mol. The van der Waals surface area contributed by atoms with Crippen molar-refractivity contribution in [3.8, 4) is 0 Å². The summed E-state index contributed by atoms with van der Waals surface area (Å²) in [6, 6.07) is 4.45. The van der Waals surface area contributed by atoms with Crippen LogP contribution < -0.4 is 5.32 Å². The summed E-state index contributed by atoms with van der Waals surface area (Å²) in [5, 5.41) is 12.1. The third-order valence-electron chi connectivity index (χ3n) is 1.81. The highest BCUT2D eigenvalue weighted by molar-refractivity contribution is 6.31. The molecular weight excluding hydrogens is 205 g/mol. The van der Waals surface area contributed by atoms with Crippen molar-refractivity contribution in [1.29, 1.82) is 0 Å². The fraction of sp³-hybridized carbons (Fsp3) is 0.400. The Labute approximate surface area is 87.7 Å². The van der Waals surface area contributed by atoms with Crippen molar-refractivity contribution < 1.29 is 9.50 Å². The molecule has 0 amide bonds. The van der Waals surface area contributed by atoms with Gasteiger partial charge in [-0.05, 0) is 31.5 Å². The largest absolute Gasteiger partial charge is 0.393 e. The van der Waals surface area contributed by atoms with Crippen molar-refractivity contribution >= 4 is 17.3 Å². The van der Waals surface area contributed by atoms with Crippen LogP contribution in [-0.4, -0.2) is 17.8 Å². The third-order valence-corrected chi connectivity index (χ3v) is 2.10. The van der Waals surface area contributed by atoms with Crippen LogP contribution in [0.4, 0.5) is 10.1 Å². The first-order valence-corrected chi connectivity index (χ1v) is 4.84. The van der Waals surface area contributed by atoms with Gasteiger partial charge >= 0.3 is 0 Å². The molecule has 0 aliphatic rings. The van der Waals surface area contributed by atoms with E-state index in [0.29, 0.717) is 13.0 Å². The molecule has 0 aromatic heterocycles. The molecule has 2 N–H and O–H groups in total. The molecule has 4 heteroatoms. The van der Waals surface area contributed by atoms with Gasteiger partial charge < -0.3 is 10.4 Å². The van der Waals surface area contributed by atoms with Crippen molar-refractivity contribution in [2.75, 3.05) is 11.9 Å². The van der Waals surface area contributed by atoms with E-state index < -0.39 is 5.82 Å². The van der Waals surface area contributed by atoms with Crippen molar-refractivity contribution in [2.24, 2.45) is 0 Å². The topological polar surface area (TPSA) is 32.3 Å². The van der Waals surface area contributed by atoms with Gasteiger partial charge in [-0.3, -0.25) is 0 Å². The molecule has 0 heterocycles. The maximum Gasteiger partial charge on any atom is 0.141 e. The number of anilines is 1. The van der Waals surface area contributed by atoms with Crippen LogP contribution in [0.25, 0.3) is 0 Å². The van der Waals surface area contributed by atoms with Crippen molar-refractivity contribution in [3.05, 3.63) is 29.0 Å². The molecule has 0 bridgehead atoms. The summed E-state index contributed by atoms with van der Waals surface area (Å²) in [5.41, 5.74) is 0.761. The molecule has 0 radical (unpaired) electrons. The Bertz CT molecular complexity index is 304. The Kier molecular flexibility index (Phi) is 4.17. The summed E-state index contributed by atoms with van der Waals surface area (Å²) in [6.07, 6.45) is 0.313. The minimum Gasteiger partial charge on any atom is -0.393 e. The smallest absolute Gasteiger partial charge is 0.141 e. The molecule has 1 atom stereocenters. The maximum absolute atomic E-state index is 12.7. The first-order valence-electron chi connectivity index (χ1n) is 4.46. The molecule has 1 rings (SSSR count). The minimum atomic E-state index is -0.423. The Morgan fingerprint density at radius 3 is 2.86 bits per heavy atom. The lowest BCUT2D eigenvalue weighted by Crippen LogP contribution is -2.09. The van der Waals surface area contributed by atoms with Crippen molar-refractivity contribution in [3.63, 3.8) is 0 Å². The summed E-state index contributed by atoms with van der Waals surface area (Å²) in [7, 11) is 0. The minimum absolute atomic E-state index is 0.104. The number of hydrogen-bond acceptors (Lipinski definition) is 2. The Morgan fingerprint density at radius 1 is 1.57 bits per heavy atom. The normalized spacial score (nSPS) is 12.6. The van der Waals surface area contributed by atoms with Gasteiger partial charge in [-0.1, -0.05) is 11.6 Å². The Hall–Kier alpha value is -0.800. The van der Waals surface area contributed by atoms with Gasteiger partial charge in [0.25, 0.3) is 0 Å². The monoisotopic (exact) mass is 217 g/mol. The average Bonchev–Trinajstić information content (AvgIpc) is 2.10. The lowest BCUT2D eigenvalue weighted by molar-refractivity contribution is 0.189. The van der Waals surface area contributed by atoms with Gasteiger partial charge in [-0.15, -0.1) is 0 Å². The predicted octanol–water partition coefficient (Wildman–Crippen LogP) is 2.66. The number of hydrogen-bond donors (Lipinski definition) is 2. The number of nitrogens with one attached hydrogen (secondary N) is 1. The van der Waals surface area contributed by atoms with E-state index >= 15 is 0 Å². The lowest BCUT2D eigenvalue weighted by Gasteiger charge is -2.08. The van der Waals surface area contributed by atoms with Gasteiger partial charge in [-0.25, -0.2) is 4.39 Å². The number of aliphatic hydroxyl groups excluding tert-OH is 1. The molecule has 0 aliphatic heterocycles. The van der Waals surface area contributed by atoms with Crippen molar-refractivity contribution in [1.82, 2.24) is 0 Å². The van der Waals surface area contributed by atoms with E-state index in [1.54, 1.807) is 13.0 Å². The van der Waals surface area contributed by atoms with Crippen LogP contribution >= 0.6 is 11.6 Å². The van der Waals surface area contributed by atoms with Crippen molar-refractivity contribution in [2.45, 2.75) is 19.4 Å². The van der Waals surface area contributed by atoms with E-state index in [-0.39, 0.29) is 11.1 Å². The van der Waals surface area contributed by atoms with E-state index in [0.717, 1.165) is 5.69 Å². The van der Waals surface area contributed by atoms with Gasteiger partial charge in [0.15, 0.2) is 0 Å². The Morgan fingerprint density at radius 2 is 2.29 bits per heavy atom. The van der Waals surface area contributed by atoms with E-state index in [4.69, 9.17) is 16.7 Å². The molecule has 14 heavy (non-hydrogen) atoms. The maximum atomic E-state index is 12.7. The molecule has 2 nitrogen and oxygen atoms in total. The first kappa shape index (κ1) is 11.3. The third kappa shape index (κ3) is 3.52. The summed E-state index contributed by atoms with van der Waals surface area (Å²) in [6.45, 7) is 2.36. The first-order chi connectivity index (χ1) is 6.59. The summed E-state index contributed by atoms with van der Waals surface area (Å²) >= 11 is 5.59.